The maximum absolute atomic E-state index is 13.4. The fourth-order valence-electron chi connectivity index (χ4n) is 2.95. The van der Waals surface area contributed by atoms with Crippen molar-refractivity contribution in [2.24, 2.45) is 0 Å². The number of hydrogen-bond donors (Lipinski definition) is 0. The van der Waals surface area contributed by atoms with Gasteiger partial charge in [0.15, 0.2) is 5.13 Å². The summed E-state index contributed by atoms with van der Waals surface area (Å²) in [5, 5.41) is 0.528. The van der Waals surface area contributed by atoms with Gasteiger partial charge in [-0.05, 0) is 52.3 Å². The average molecular weight is 473 g/mol. The molecular weight excluding hydrogens is 456 g/mol. The second-order valence-electron chi connectivity index (χ2n) is 6.09. The first-order valence-corrected chi connectivity index (χ1v) is 10.3. The molecule has 0 radical (unpaired) electrons. The maximum atomic E-state index is 13.4. The van der Waals surface area contributed by atoms with Crippen molar-refractivity contribution in [1.29, 1.82) is 0 Å². The summed E-state index contributed by atoms with van der Waals surface area (Å²) >= 11 is 4.84. The van der Waals surface area contributed by atoms with Gasteiger partial charge in [-0.3, -0.25) is 9.69 Å². The molecule has 2 aromatic carbocycles. The van der Waals surface area contributed by atoms with Crippen molar-refractivity contribution in [2.45, 2.75) is 6.54 Å². The van der Waals surface area contributed by atoms with Gasteiger partial charge in [-0.1, -0.05) is 23.5 Å². The number of rotatable bonds is 6. The molecule has 1 amide bonds. The van der Waals surface area contributed by atoms with Crippen molar-refractivity contribution in [3.05, 3.63) is 70.6 Å². The highest BCUT2D eigenvalue weighted by atomic mass is 79.9. The van der Waals surface area contributed by atoms with Crippen LogP contribution in [0.2, 0.25) is 0 Å². The van der Waals surface area contributed by atoms with E-state index < -0.39 is 0 Å². The van der Waals surface area contributed by atoms with E-state index in [1.54, 1.807) is 43.6 Å². The van der Waals surface area contributed by atoms with Crippen molar-refractivity contribution in [3.63, 3.8) is 0 Å². The number of amides is 1. The number of hydrogen-bond acceptors (Lipinski definition) is 6. The normalized spacial score (nSPS) is 10.9. The Kier molecular flexibility index (Phi) is 5.55. The smallest absolute Gasteiger partial charge is 0.261 e. The second kappa shape index (κ2) is 8.26. The zero-order chi connectivity index (χ0) is 20.4. The Bertz CT molecular complexity index is 1120. The van der Waals surface area contributed by atoms with E-state index >= 15 is 0 Å². The molecule has 0 fully saturated rings. The zero-order valence-corrected chi connectivity index (χ0v) is 18.1. The molecule has 8 heteroatoms. The number of ether oxygens (including phenoxy) is 2. The van der Waals surface area contributed by atoms with E-state index in [-0.39, 0.29) is 12.5 Å². The molecule has 6 nitrogen and oxygen atoms in total. The molecule has 4 rings (SSSR count). The number of methoxy groups -OCH3 is 2. The first kappa shape index (κ1) is 19.5. The molecule has 0 saturated heterocycles. The predicted molar refractivity (Wildman–Crippen MR) is 116 cm³/mol. The summed E-state index contributed by atoms with van der Waals surface area (Å²) in [6.07, 6.45) is 1.58. The minimum atomic E-state index is -0.189. The van der Waals surface area contributed by atoms with Gasteiger partial charge in [0.1, 0.15) is 27.5 Å². The van der Waals surface area contributed by atoms with Crippen LogP contribution in [-0.2, 0) is 6.54 Å². The highest BCUT2D eigenvalue weighted by Gasteiger charge is 2.25. The molecule has 0 aliphatic carbocycles. The van der Waals surface area contributed by atoms with Crippen molar-refractivity contribution in [1.82, 2.24) is 4.98 Å². The highest BCUT2D eigenvalue weighted by molar-refractivity contribution is 9.10. The van der Waals surface area contributed by atoms with E-state index in [2.05, 4.69) is 15.9 Å². The van der Waals surface area contributed by atoms with E-state index in [0.717, 1.165) is 4.70 Å². The third kappa shape index (κ3) is 3.73. The molecule has 0 unspecified atom stereocenters. The lowest BCUT2D eigenvalue weighted by Crippen LogP contribution is -2.30. The van der Waals surface area contributed by atoms with Gasteiger partial charge in [0.05, 0.1) is 32.6 Å². The number of furan rings is 1. The van der Waals surface area contributed by atoms with Gasteiger partial charge < -0.3 is 13.9 Å². The highest BCUT2D eigenvalue weighted by Crippen LogP contribution is 2.41. The van der Waals surface area contributed by atoms with Crippen molar-refractivity contribution >= 4 is 48.5 Å². The SMILES string of the molecule is COc1ccc(OC)c2sc(N(Cc3ccco3)C(=O)c3ccccc3Br)nc12. The zero-order valence-electron chi connectivity index (χ0n) is 15.7. The Morgan fingerprint density at radius 3 is 2.55 bits per heavy atom. The van der Waals surface area contributed by atoms with Gasteiger partial charge in [-0.15, -0.1) is 0 Å². The van der Waals surface area contributed by atoms with E-state index in [9.17, 15) is 4.79 Å². The van der Waals surface area contributed by atoms with E-state index in [1.165, 1.54) is 11.3 Å². The van der Waals surface area contributed by atoms with E-state index in [4.69, 9.17) is 18.9 Å². The van der Waals surface area contributed by atoms with Crippen LogP contribution in [0.5, 0.6) is 11.5 Å². The molecule has 0 aliphatic rings. The summed E-state index contributed by atoms with van der Waals surface area (Å²) in [5.74, 6) is 1.76. The predicted octanol–water partition coefficient (Wildman–Crippen LogP) is 5.52. The molecule has 148 valence electrons. The Morgan fingerprint density at radius 1 is 1.10 bits per heavy atom. The lowest BCUT2D eigenvalue weighted by Gasteiger charge is -2.19. The molecule has 4 aromatic rings. The molecule has 0 aliphatic heterocycles. The van der Waals surface area contributed by atoms with E-state index in [0.29, 0.717) is 37.9 Å². The lowest BCUT2D eigenvalue weighted by atomic mass is 10.2. The van der Waals surface area contributed by atoms with Gasteiger partial charge in [0.2, 0.25) is 0 Å². The third-order valence-corrected chi connectivity index (χ3v) is 6.16. The van der Waals surface area contributed by atoms with Crippen LogP contribution in [0.25, 0.3) is 10.2 Å². The molecule has 2 heterocycles. The van der Waals surface area contributed by atoms with Crippen LogP contribution >= 0.6 is 27.3 Å². The lowest BCUT2D eigenvalue weighted by molar-refractivity contribution is 0.0982. The summed E-state index contributed by atoms with van der Waals surface area (Å²) in [5.41, 5.74) is 1.19. The van der Waals surface area contributed by atoms with Crippen LogP contribution < -0.4 is 14.4 Å². The summed E-state index contributed by atoms with van der Waals surface area (Å²) in [6.45, 7) is 0.248. The number of aromatic nitrogens is 1. The first-order valence-electron chi connectivity index (χ1n) is 8.72. The summed E-state index contributed by atoms with van der Waals surface area (Å²) in [7, 11) is 3.20. The van der Waals surface area contributed by atoms with Gasteiger partial charge in [0.25, 0.3) is 5.91 Å². The molecule has 0 spiro atoms. The first-order chi connectivity index (χ1) is 14.1. The summed E-state index contributed by atoms with van der Waals surface area (Å²) in [4.78, 5) is 19.7. The molecule has 0 bridgehead atoms. The van der Waals surface area contributed by atoms with Crippen LogP contribution in [0.15, 0.2) is 63.7 Å². The molecule has 29 heavy (non-hydrogen) atoms. The van der Waals surface area contributed by atoms with Crippen LogP contribution in [-0.4, -0.2) is 25.1 Å². The van der Waals surface area contributed by atoms with Crippen molar-refractivity contribution in [2.75, 3.05) is 19.1 Å². The van der Waals surface area contributed by atoms with Crippen LogP contribution in [0, 0.1) is 0 Å². The quantitative estimate of drug-likeness (QED) is 0.369. The maximum Gasteiger partial charge on any atom is 0.261 e. The standard InChI is InChI=1S/C21H17BrN2O4S/c1-26-16-9-10-17(27-2)19-18(16)23-21(29-19)24(12-13-6-5-11-28-13)20(25)14-7-3-4-8-15(14)22/h3-11H,12H2,1-2H3. The summed E-state index contributed by atoms with van der Waals surface area (Å²) in [6, 6.07) is 14.6. The topological polar surface area (TPSA) is 64.8 Å². The number of benzene rings is 2. The Hall–Kier alpha value is -2.84. The van der Waals surface area contributed by atoms with Crippen LogP contribution in [0.3, 0.4) is 0 Å². The van der Waals surface area contributed by atoms with Crippen molar-refractivity contribution < 1.29 is 18.7 Å². The van der Waals surface area contributed by atoms with E-state index in [1.807, 2.05) is 30.3 Å². The van der Waals surface area contributed by atoms with Gasteiger partial charge >= 0.3 is 0 Å². The number of fused-ring (bicyclic) bond motifs is 1. The minimum Gasteiger partial charge on any atom is -0.495 e. The number of halogens is 1. The monoisotopic (exact) mass is 472 g/mol. The average Bonchev–Trinajstić information content (AvgIpc) is 3.41. The Morgan fingerprint density at radius 2 is 1.86 bits per heavy atom. The third-order valence-electron chi connectivity index (χ3n) is 4.37. The Labute approximate surface area is 179 Å². The van der Waals surface area contributed by atoms with Gasteiger partial charge in [0, 0.05) is 4.47 Å². The largest absolute Gasteiger partial charge is 0.495 e. The molecule has 0 atom stereocenters. The number of nitrogens with zero attached hydrogens (tertiary/aromatic N) is 2. The van der Waals surface area contributed by atoms with Crippen LogP contribution in [0.4, 0.5) is 5.13 Å². The fourth-order valence-corrected chi connectivity index (χ4v) is 4.48. The number of carbonyl (C=O) groups excluding carboxylic acids is 1. The number of thiazole rings is 1. The fraction of sp³-hybridized carbons (Fsp3) is 0.143. The van der Waals surface area contributed by atoms with Gasteiger partial charge in [-0.25, -0.2) is 4.98 Å². The van der Waals surface area contributed by atoms with Crippen LogP contribution in [0.1, 0.15) is 16.1 Å². The summed E-state index contributed by atoms with van der Waals surface area (Å²) < 4.78 is 17.9. The molecule has 0 saturated carbocycles. The second-order valence-corrected chi connectivity index (χ2v) is 7.93. The molecule has 0 N–H and O–H groups in total. The van der Waals surface area contributed by atoms with Crippen molar-refractivity contribution in [3.8, 4) is 11.5 Å². The van der Waals surface area contributed by atoms with Gasteiger partial charge in [-0.2, -0.15) is 0 Å². The molecular formula is C21H17BrN2O4S. The minimum absolute atomic E-state index is 0.189. The number of anilines is 1. The number of carbonyl (C=O) groups is 1. The Balaban J connectivity index is 1.85. The molecule has 2 aromatic heterocycles.